The highest BCUT2D eigenvalue weighted by Crippen LogP contribution is 2.25. The van der Waals surface area contributed by atoms with E-state index in [9.17, 15) is 14.7 Å². The van der Waals surface area contributed by atoms with Crippen molar-refractivity contribution in [2.75, 3.05) is 13.1 Å². The minimum atomic E-state index is -1.08. The summed E-state index contributed by atoms with van der Waals surface area (Å²) in [6, 6.07) is 3.83. The molecule has 2 atom stereocenters. The number of nitrogens with zero attached hydrogens (tertiary/aromatic N) is 1. The lowest BCUT2D eigenvalue weighted by Crippen LogP contribution is -2.41. The van der Waals surface area contributed by atoms with Crippen molar-refractivity contribution in [3.63, 3.8) is 0 Å². The van der Waals surface area contributed by atoms with Crippen LogP contribution >= 0.6 is 11.3 Å². The van der Waals surface area contributed by atoms with Gasteiger partial charge in [0.15, 0.2) is 0 Å². The van der Waals surface area contributed by atoms with Gasteiger partial charge in [-0.15, -0.1) is 11.3 Å². The molecule has 1 aromatic rings. The Kier molecular flexibility index (Phi) is 4.68. The van der Waals surface area contributed by atoms with E-state index in [0.717, 1.165) is 4.88 Å². The third-order valence-corrected chi connectivity index (χ3v) is 4.93. The van der Waals surface area contributed by atoms with E-state index in [1.165, 1.54) is 11.3 Å². The molecule has 2 N–H and O–H groups in total. The van der Waals surface area contributed by atoms with Gasteiger partial charge in [0.25, 0.3) is 0 Å². The zero-order valence-electron chi connectivity index (χ0n) is 12.6. The second-order valence-corrected chi connectivity index (χ2v) is 6.96. The van der Waals surface area contributed by atoms with E-state index < -0.39 is 5.60 Å². The number of carbonyl (C=O) groups is 2. The summed E-state index contributed by atoms with van der Waals surface area (Å²) >= 11 is 1.45. The molecule has 0 aromatic carbocycles. The van der Waals surface area contributed by atoms with Gasteiger partial charge in [-0.25, -0.2) is 0 Å². The second kappa shape index (κ2) is 6.15. The number of likely N-dealkylation sites (tertiary alicyclic amines) is 1. The van der Waals surface area contributed by atoms with Gasteiger partial charge in [0, 0.05) is 23.9 Å². The zero-order chi connectivity index (χ0) is 15.6. The van der Waals surface area contributed by atoms with Crippen molar-refractivity contribution in [1.29, 1.82) is 0 Å². The average Bonchev–Trinajstić information content (AvgIpc) is 3.05. The van der Waals surface area contributed by atoms with Gasteiger partial charge in [-0.1, -0.05) is 6.07 Å². The zero-order valence-corrected chi connectivity index (χ0v) is 13.4. The average molecular weight is 310 g/mol. The Morgan fingerprint density at radius 3 is 2.86 bits per heavy atom. The lowest BCUT2D eigenvalue weighted by atomic mass is 10.0. The summed E-state index contributed by atoms with van der Waals surface area (Å²) in [7, 11) is 0. The first kappa shape index (κ1) is 16.0. The summed E-state index contributed by atoms with van der Waals surface area (Å²) in [6.07, 6.45) is 0.255. The molecule has 116 valence electrons. The van der Waals surface area contributed by atoms with Crippen molar-refractivity contribution >= 4 is 23.2 Å². The van der Waals surface area contributed by atoms with Crippen LogP contribution in [0.2, 0.25) is 0 Å². The number of thiophene rings is 1. The monoisotopic (exact) mass is 310 g/mol. The van der Waals surface area contributed by atoms with Gasteiger partial charge in [0.1, 0.15) is 5.60 Å². The molecule has 2 rings (SSSR count). The van der Waals surface area contributed by atoms with Crippen molar-refractivity contribution in [2.45, 2.75) is 38.8 Å². The minimum Gasteiger partial charge on any atom is -0.383 e. The maximum Gasteiger partial charge on any atom is 0.225 e. The molecule has 1 aliphatic heterocycles. The first-order valence-electron chi connectivity index (χ1n) is 7.15. The lowest BCUT2D eigenvalue weighted by Gasteiger charge is -2.24. The Hall–Kier alpha value is -1.40. The fraction of sp³-hybridized carbons (Fsp3) is 0.600. The number of hydrogen-bond acceptors (Lipinski definition) is 4. The van der Waals surface area contributed by atoms with Crippen molar-refractivity contribution in [2.24, 2.45) is 5.92 Å². The molecular formula is C15H22N2O3S. The molecule has 1 saturated heterocycles. The molecule has 0 saturated carbocycles. The molecule has 0 bridgehead atoms. The fourth-order valence-corrected chi connectivity index (χ4v) is 3.27. The van der Waals surface area contributed by atoms with Gasteiger partial charge >= 0.3 is 0 Å². The van der Waals surface area contributed by atoms with Crippen molar-refractivity contribution in [3.8, 4) is 0 Å². The van der Waals surface area contributed by atoms with Gasteiger partial charge in [-0.2, -0.15) is 0 Å². The Morgan fingerprint density at radius 1 is 1.62 bits per heavy atom. The number of nitrogens with one attached hydrogen (secondary N) is 1. The van der Waals surface area contributed by atoms with Crippen LogP contribution in [0.1, 0.15) is 32.1 Å². The van der Waals surface area contributed by atoms with Crippen molar-refractivity contribution in [1.82, 2.24) is 10.2 Å². The number of hydrogen-bond donors (Lipinski definition) is 2. The Morgan fingerprint density at radius 2 is 2.33 bits per heavy atom. The third kappa shape index (κ3) is 3.63. The summed E-state index contributed by atoms with van der Waals surface area (Å²) in [5, 5.41) is 15.0. The van der Waals surface area contributed by atoms with Crippen LogP contribution in [-0.2, 0) is 15.2 Å². The molecule has 0 aliphatic carbocycles. The molecule has 6 heteroatoms. The fourth-order valence-electron chi connectivity index (χ4n) is 2.48. The van der Waals surface area contributed by atoms with Crippen LogP contribution in [-0.4, -0.2) is 41.0 Å². The summed E-state index contributed by atoms with van der Waals surface area (Å²) in [6.45, 7) is 6.18. The van der Waals surface area contributed by atoms with Crippen LogP contribution in [0.15, 0.2) is 17.5 Å². The lowest BCUT2D eigenvalue weighted by molar-refractivity contribution is -0.130. The maximum atomic E-state index is 12.2. The first-order valence-corrected chi connectivity index (χ1v) is 8.03. The molecule has 0 radical (unpaired) electrons. The predicted molar refractivity (Wildman–Crippen MR) is 81.9 cm³/mol. The molecule has 0 spiro atoms. The van der Waals surface area contributed by atoms with Crippen LogP contribution in [0.25, 0.3) is 0 Å². The highest BCUT2D eigenvalue weighted by Gasteiger charge is 2.36. The molecule has 2 heterocycles. The Labute approximate surface area is 129 Å². The van der Waals surface area contributed by atoms with Crippen LogP contribution in [0.5, 0.6) is 0 Å². The van der Waals surface area contributed by atoms with Crippen LogP contribution in [0, 0.1) is 5.92 Å². The predicted octanol–water partition coefficient (Wildman–Crippen LogP) is 1.33. The highest BCUT2D eigenvalue weighted by molar-refractivity contribution is 7.10. The summed E-state index contributed by atoms with van der Waals surface area (Å²) < 4.78 is 0. The summed E-state index contributed by atoms with van der Waals surface area (Å²) in [5.74, 6) is -0.461. The topological polar surface area (TPSA) is 69.6 Å². The van der Waals surface area contributed by atoms with Crippen molar-refractivity contribution < 1.29 is 14.7 Å². The summed E-state index contributed by atoms with van der Waals surface area (Å²) in [5.41, 5.74) is -1.08. The van der Waals surface area contributed by atoms with Gasteiger partial charge in [-0.05, 0) is 32.2 Å². The number of amides is 2. The van der Waals surface area contributed by atoms with Gasteiger partial charge in [0.2, 0.25) is 11.8 Å². The standard InChI is InChI=1S/C15H22N2O3S/c1-10(2)17-8-11(7-13(17)18)14(19)16-9-15(3,20)12-5-4-6-21-12/h4-6,10-11,20H,7-9H2,1-3H3,(H,16,19). The smallest absolute Gasteiger partial charge is 0.225 e. The normalized spacial score (nSPS) is 21.7. The second-order valence-electron chi connectivity index (χ2n) is 6.01. The van der Waals surface area contributed by atoms with E-state index in [-0.39, 0.29) is 36.7 Å². The molecule has 2 amide bonds. The molecule has 1 aliphatic rings. The number of rotatable bonds is 5. The Balaban J connectivity index is 1.90. The largest absolute Gasteiger partial charge is 0.383 e. The highest BCUT2D eigenvalue weighted by atomic mass is 32.1. The van der Waals surface area contributed by atoms with E-state index in [4.69, 9.17) is 0 Å². The summed E-state index contributed by atoms with van der Waals surface area (Å²) in [4.78, 5) is 26.5. The maximum absolute atomic E-state index is 12.2. The number of aliphatic hydroxyl groups is 1. The number of carbonyl (C=O) groups excluding carboxylic acids is 2. The van der Waals surface area contributed by atoms with Crippen LogP contribution in [0.4, 0.5) is 0 Å². The SMILES string of the molecule is CC(C)N1CC(C(=O)NCC(C)(O)c2cccs2)CC1=O. The van der Waals surface area contributed by atoms with Gasteiger partial charge < -0.3 is 15.3 Å². The van der Waals surface area contributed by atoms with Crippen molar-refractivity contribution in [3.05, 3.63) is 22.4 Å². The molecule has 21 heavy (non-hydrogen) atoms. The quantitative estimate of drug-likeness (QED) is 0.862. The Bertz CT molecular complexity index is 511. The molecule has 1 fully saturated rings. The van der Waals surface area contributed by atoms with Crippen LogP contribution in [0.3, 0.4) is 0 Å². The van der Waals surface area contributed by atoms with E-state index in [1.54, 1.807) is 11.8 Å². The molecule has 5 nitrogen and oxygen atoms in total. The van der Waals surface area contributed by atoms with E-state index in [0.29, 0.717) is 6.54 Å². The third-order valence-electron chi connectivity index (χ3n) is 3.81. The first-order chi connectivity index (χ1) is 9.81. The van der Waals surface area contributed by atoms with E-state index in [2.05, 4.69) is 5.32 Å². The van der Waals surface area contributed by atoms with Gasteiger partial charge in [0.05, 0.1) is 12.5 Å². The molecule has 1 aromatic heterocycles. The molecule has 2 unspecified atom stereocenters. The van der Waals surface area contributed by atoms with E-state index >= 15 is 0 Å². The minimum absolute atomic E-state index is 0.0233. The van der Waals surface area contributed by atoms with Gasteiger partial charge in [-0.3, -0.25) is 9.59 Å². The van der Waals surface area contributed by atoms with E-state index in [1.807, 2.05) is 31.4 Å². The van der Waals surface area contributed by atoms with Crippen LogP contribution < -0.4 is 5.32 Å². The molecular weight excluding hydrogens is 288 g/mol.